The molecule has 1 heterocycles. The lowest BCUT2D eigenvalue weighted by atomic mass is 9.95. The number of benzene rings is 1. The highest BCUT2D eigenvalue weighted by Crippen LogP contribution is 2.26. The molecule has 1 unspecified atom stereocenters. The molecule has 0 radical (unpaired) electrons. The lowest BCUT2D eigenvalue weighted by Crippen LogP contribution is -2.27. The fraction of sp³-hybridized carbons (Fsp3) is 0.467. The molecule has 114 valence electrons. The van der Waals surface area contributed by atoms with E-state index in [-0.39, 0.29) is 0 Å². The predicted octanol–water partition coefficient (Wildman–Crippen LogP) is 2.14. The first-order valence-electron chi connectivity index (χ1n) is 6.99. The highest BCUT2D eigenvalue weighted by atomic mass is 79.9. The number of rotatable bonds is 8. The molecule has 1 aromatic heterocycles. The van der Waals surface area contributed by atoms with Crippen molar-refractivity contribution in [1.29, 1.82) is 0 Å². The van der Waals surface area contributed by atoms with E-state index in [0.717, 1.165) is 29.8 Å². The predicted molar refractivity (Wildman–Crippen MR) is 86.3 cm³/mol. The second-order valence-electron chi connectivity index (χ2n) is 4.92. The standard InChI is InChI=1S/C15H21BrN4O/c1-20-15(18-11-19-20)9-12(10-17-7-8-21-2)13-5-3-4-6-14(13)16/h3-6,11-12,17H,7-10H2,1-2H3. The lowest BCUT2D eigenvalue weighted by molar-refractivity contribution is 0.199. The van der Waals surface area contributed by atoms with Crippen LogP contribution in [0.5, 0.6) is 0 Å². The van der Waals surface area contributed by atoms with Crippen molar-refractivity contribution in [3.05, 3.63) is 46.5 Å². The summed E-state index contributed by atoms with van der Waals surface area (Å²) in [5.74, 6) is 1.32. The van der Waals surface area contributed by atoms with E-state index < -0.39 is 0 Å². The fourth-order valence-corrected chi connectivity index (χ4v) is 2.88. The molecule has 1 N–H and O–H groups in total. The third-order valence-corrected chi connectivity index (χ3v) is 4.18. The number of aryl methyl sites for hydroxylation is 1. The van der Waals surface area contributed by atoms with Gasteiger partial charge in [-0.2, -0.15) is 5.10 Å². The number of aromatic nitrogens is 3. The van der Waals surface area contributed by atoms with Crippen LogP contribution >= 0.6 is 15.9 Å². The number of nitrogens with one attached hydrogen (secondary N) is 1. The Morgan fingerprint density at radius 3 is 2.86 bits per heavy atom. The van der Waals surface area contributed by atoms with Gasteiger partial charge in [-0.25, -0.2) is 4.98 Å². The first kappa shape index (κ1) is 16.1. The zero-order valence-electron chi connectivity index (χ0n) is 12.4. The molecular weight excluding hydrogens is 332 g/mol. The summed E-state index contributed by atoms with van der Waals surface area (Å²) in [5.41, 5.74) is 1.28. The Hall–Kier alpha value is -1.24. The first-order chi connectivity index (χ1) is 10.2. The molecule has 1 aromatic carbocycles. The largest absolute Gasteiger partial charge is 0.383 e. The van der Waals surface area contributed by atoms with E-state index in [4.69, 9.17) is 4.74 Å². The van der Waals surface area contributed by atoms with E-state index in [9.17, 15) is 0 Å². The van der Waals surface area contributed by atoms with E-state index in [0.29, 0.717) is 12.5 Å². The summed E-state index contributed by atoms with van der Waals surface area (Å²) in [6.45, 7) is 2.43. The van der Waals surface area contributed by atoms with E-state index in [2.05, 4.69) is 49.5 Å². The van der Waals surface area contributed by atoms with Crippen LogP contribution in [0.25, 0.3) is 0 Å². The Balaban J connectivity index is 2.10. The number of hydrogen-bond donors (Lipinski definition) is 1. The quantitative estimate of drug-likeness (QED) is 0.739. The molecule has 0 aliphatic rings. The number of methoxy groups -OCH3 is 1. The minimum Gasteiger partial charge on any atom is -0.383 e. The molecule has 0 saturated heterocycles. The van der Waals surface area contributed by atoms with Gasteiger partial charge in [0.05, 0.1) is 6.61 Å². The van der Waals surface area contributed by atoms with Crippen LogP contribution in [-0.2, 0) is 18.2 Å². The van der Waals surface area contributed by atoms with Gasteiger partial charge in [0.1, 0.15) is 12.2 Å². The Bertz CT molecular complexity index is 558. The molecule has 0 amide bonds. The number of nitrogens with zero attached hydrogens (tertiary/aromatic N) is 3. The van der Waals surface area contributed by atoms with Crippen LogP contribution in [0.4, 0.5) is 0 Å². The van der Waals surface area contributed by atoms with E-state index in [1.165, 1.54) is 5.56 Å². The second kappa shape index (κ2) is 8.26. The first-order valence-corrected chi connectivity index (χ1v) is 7.78. The van der Waals surface area contributed by atoms with Crippen LogP contribution in [0.15, 0.2) is 35.1 Å². The van der Waals surface area contributed by atoms with Gasteiger partial charge >= 0.3 is 0 Å². The maximum Gasteiger partial charge on any atom is 0.138 e. The average Bonchev–Trinajstić information content (AvgIpc) is 2.88. The second-order valence-corrected chi connectivity index (χ2v) is 5.77. The highest BCUT2D eigenvalue weighted by molar-refractivity contribution is 9.10. The number of halogens is 1. The molecule has 2 rings (SSSR count). The maximum atomic E-state index is 5.08. The smallest absolute Gasteiger partial charge is 0.138 e. The average molecular weight is 353 g/mol. The van der Waals surface area contributed by atoms with Crippen molar-refractivity contribution in [2.75, 3.05) is 26.8 Å². The molecular formula is C15H21BrN4O. The van der Waals surface area contributed by atoms with Crippen molar-refractivity contribution < 1.29 is 4.74 Å². The van der Waals surface area contributed by atoms with Crippen LogP contribution in [0.3, 0.4) is 0 Å². The van der Waals surface area contributed by atoms with Crippen molar-refractivity contribution >= 4 is 15.9 Å². The Morgan fingerprint density at radius 2 is 2.19 bits per heavy atom. The van der Waals surface area contributed by atoms with Gasteiger partial charge in [-0.3, -0.25) is 4.68 Å². The normalized spacial score (nSPS) is 12.5. The third-order valence-electron chi connectivity index (χ3n) is 3.45. The molecule has 2 aromatic rings. The molecule has 5 nitrogen and oxygen atoms in total. The van der Waals surface area contributed by atoms with Gasteiger partial charge in [0.15, 0.2) is 0 Å². The van der Waals surface area contributed by atoms with Crippen LogP contribution < -0.4 is 5.32 Å². The summed E-state index contributed by atoms with van der Waals surface area (Å²) in [5, 5.41) is 7.59. The van der Waals surface area contributed by atoms with E-state index in [1.54, 1.807) is 13.4 Å². The summed E-state index contributed by atoms with van der Waals surface area (Å²) in [6, 6.07) is 8.33. The van der Waals surface area contributed by atoms with Gasteiger partial charge in [-0.1, -0.05) is 34.1 Å². The summed E-state index contributed by atoms with van der Waals surface area (Å²) >= 11 is 3.65. The monoisotopic (exact) mass is 352 g/mol. The molecule has 0 fully saturated rings. The van der Waals surface area contributed by atoms with Crippen LogP contribution in [0, 0.1) is 0 Å². The van der Waals surface area contributed by atoms with Crippen LogP contribution in [0.2, 0.25) is 0 Å². The molecule has 1 atom stereocenters. The van der Waals surface area contributed by atoms with E-state index >= 15 is 0 Å². The van der Waals surface area contributed by atoms with Gasteiger partial charge in [0.25, 0.3) is 0 Å². The van der Waals surface area contributed by atoms with Gasteiger partial charge in [0, 0.05) is 44.1 Å². The van der Waals surface area contributed by atoms with Crippen molar-refractivity contribution in [1.82, 2.24) is 20.1 Å². The number of ether oxygens (including phenoxy) is 1. The molecule has 6 heteroatoms. The summed E-state index contributed by atoms with van der Waals surface area (Å²) < 4.78 is 8.04. The zero-order valence-corrected chi connectivity index (χ0v) is 14.0. The van der Waals surface area contributed by atoms with Crippen molar-refractivity contribution in [3.63, 3.8) is 0 Å². The molecule has 0 bridgehead atoms. The minimum absolute atomic E-state index is 0.334. The van der Waals surface area contributed by atoms with Crippen molar-refractivity contribution in [2.24, 2.45) is 7.05 Å². The Kier molecular flexibility index (Phi) is 6.35. The third kappa shape index (κ3) is 4.62. The molecule has 0 aliphatic carbocycles. The molecule has 0 aliphatic heterocycles. The van der Waals surface area contributed by atoms with E-state index in [1.807, 2.05) is 17.8 Å². The zero-order chi connectivity index (χ0) is 15.1. The summed E-state index contributed by atoms with van der Waals surface area (Å²) in [4.78, 5) is 4.34. The highest BCUT2D eigenvalue weighted by Gasteiger charge is 2.17. The Morgan fingerprint density at radius 1 is 1.38 bits per heavy atom. The lowest BCUT2D eigenvalue weighted by Gasteiger charge is -2.19. The summed E-state index contributed by atoms with van der Waals surface area (Å²) in [7, 11) is 3.64. The van der Waals surface area contributed by atoms with Crippen molar-refractivity contribution in [2.45, 2.75) is 12.3 Å². The van der Waals surface area contributed by atoms with Gasteiger partial charge in [-0.05, 0) is 11.6 Å². The van der Waals surface area contributed by atoms with Gasteiger partial charge < -0.3 is 10.1 Å². The Labute approximate surface area is 133 Å². The van der Waals surface area contributed by atoms with Crippen LogP contribution in [-0.4, -0.2) is 41.6 Å². The molecule has 21 heavy (non-hydrogen) atoms. The summed E-state index contributed by atoms with van der Waals surface area (Å²) in [6.07, 6.45) is 2.45. The van der Waals surface area contributed by atoms with Crippen molar-refractivity contribution in [3.8, 4) is 0 Å². The maximum absolute atomic E-state index is 5.08. The topological polar surface area (TPSA) is 52.0 Å². The minimum atomic E-state index is 0.334. The number of hydrogen-bond acceptors (Lipinski definition) is 4. The van der Waals surface area contributed by atoms with Gasteiger partial charge in [-0.15, -0.1) is 0 Å². The molecule has 0 saturated carbocycles. The SMILES string of the molecule is COCCNCC(Cc1ncnn1C)c1ccccc1Br. The molecule has 0 spiro atoms. The fourth-order valence-electron chi connectivity index (χ4n) is 2.27. The van der Waals surface area contributed by atoms with Gasteiger partial charge in [0.2, 0.25) is 0 Å². The van der Waals surface area contributed by atoms with Crippen LogP contribution in [0.1, 0.15) is 17.3 Å².